The molecule has 0 radical (unpaired) electrons. The van der Waals surface area contributed by atoms with Gasteiger partial charge >= 0.3 is 5.97 Å². The molecule has 0 saturated heterocycles. The first kappa shape index (κ1) is 13.8. The van der Waals surface area contributed by atoms with E-state index in [1.165, 1.54) is 19.2 Å². The molecule has 0 saturated carbocycles. The molecule has 0 aliphatic rings. The van der Waals surface area contributed by atoms with Crippen LogP contribution in [0.25, 0.3) is 0 Å². The second-order valence-corrected chi connectivity index (χ2v) is 3.88. The number of nitrogens with zero attached hydrogens (tertiary/aromatic N) is 1. The number of hydrogen-bond donors (Lipinski definition) is 1. The SMILES string of the molecule is COc1ncccc1COc1c(F)cccc1C(=O)O. The van der Waals surface area contributed by atoms with Gasteiger partial charge in [-0.2, -0.15) is 0 Å². The van der Waals surface area contributed by atoms with Crippen molar-refractivity contribution in [1.82, 2.24) is 4.98 Å². The monoisotopic (exact) mass is 277 g/mol. The van der Waals surface area contributed by atoms with Crippen molar-refractivity contribution in [3.8, 4) is 11.6 Å². The molecule has 6 heteroatoms. The van der Waals surface area contributed by atoms with Gasteiger partial charge in [0, 0.05) is 6.20 Å². The van der Waals surface area contributed by atoms with E-state index in [0.717, 1.165) is 6.07 Å². The summed E-state index contributed by atoms with van der Waals surface area (Å²) in [6, 6.07) is 7.12. The van der Waals surface area contributed by atoms with Gasteiger partial charge in [0.05, 0.1) is 12.7 Å². The Morgan fingerprint density at radius 1 is 1.35 bits per heavy atom. The molecule has 1 aromatic heterocycles. The highest BCUT2D eigenvalue weighted by Crippen LogP contribution is 2.25. The first-order chi connectivity index (χ1) is 9.63. The zero-order valence-electron chi connectivity index (χ0n) is 10.7. The summed E-state index contributed by atoms with van der Waals surface area (Å²) in [6.07, 6.45) is 1.55. The lowest BCUT2D eigenvalue weighted by Gasteiger charge is -2.11. The fourth-order valence-corrected chi connectivity index (χ4v) is 1.69. The highest BCUT2D eigenvalue weighted by Gasteiger charge is 2.16. The van der Waals surface area contributed by atoms with Crippen molar-refractivity contribution >= 4 is 5.97 Å². The summed E-state index contributed by atoms with van der Waals surface area (Å²) < 4.78 is 24.0. The number of rotatable bonds is 5. The summed E-state index contributed by atoms with van der Waals surface area (Å²) in [5, 5.41) is 9.00. The number of benzene rings is 1. The Balaban J connectivity index is 2.25. The van der Waals surface area contributed by atoms with Gasteiger partial charge in [-0.05, 0) is 24.3 Å². The third-order valence-corrected chi connectivity index (χ3v) is 2.61. The zero-order valence-corrected chi connectivity index (χ0v) is 10.7. The average molecular weight is 277 g/mol. The maximum atomic E-state index is 13.7. The number of aromatic carboxylic acids is 1. The average Bonchev–Trinajstić information content (AvgIpc) is 2.46. The Hall–Kier alpha value is -2.63. The van der Waals surface area contributed by atoms with Crippen molar-refractivity contribution in [1.29, 1.82) is 0 Å². The Bertz CT molecular complexity index is 630. The molecule has 0 atom stereocenters. The van der Waals surface area contributed by atoms with Crippen LogP contribution in [0.2, 0.25) is 0 Å². The maximum absolute atomic E-state index is 13.7. The van der Waals surface area contributed by atoms with Gasteiger partial charge in [-0.25, -0.2) is 14.2 Å². The molecule has 0 unspecified atom stereocenters. The lowest BCUT2D eigenvalue weighted by atomic mass is 10.2. The number of ether oxygens (including phenoxy) is 2. The van der Waals surface area contributed by atoms with Crippen LogP contribution >= 0.6 is 0 Å². The minimum atomic E-state index is -1.25. The number of carbonyl (C=O) groups is 1. The summed E-state index contributed by atoms with van der Waals surface area (Å²) in [5.74, 6) is -1.93. The highest BCUT2D eigenvalue weighted by atomic mass is 19.1. The number of methoxy groups -OCH3 is 1. The Morgan fingerprint density at radius 3 is 2.85 bits per heavy atom. The van der Waals surface area contributed by atoms with Crippen LogP contribution in [-0.4, -0.2) is 23.2 Å². The largest absolute Gasteiger partial charge is 0.485 e. The van der Waals surface area contributed by atoms with E-state index >= 15 is 0 Å². The van der Waals surface area contributed by atoms with Crippen molar-refractivity contribution in [2.45, 2.75) is 6.61 Å². The van der Waals surface area contributed by atoms with Crippen LogP contribution in [0.15, 0.2) is 36.5 Å². The van der Waals surface area contributed by atoms with E-state index in [4.69, 9.17) is 14.6 Å². The van der Waals surface area contributed by atoms with Crippen LogP contribution in [0.4, 0.5) is 4.39 Å². The first-order valence-electron chi connectivity index (χ1n) is 5.76. The smallest absolute Gasteiger partial charge is 0.339 e. The molecule has 1 N–H and O–H groups in total. The van der Waals surface area contributed by atoms with Gasteiger partial charge in [-0.15, -0.1) is 0 Å². The minimum Gasteiger partial charge on any atom is -0.485 e. The van der Waals surface area contributed by atoms with Crippen molar-refractivity contribution in [3.05, 3.63) is 53.5 Å². The molecule has 2 aromatic rings. The molecule has 1 aromatic carbocycles. The summed E-state index contributed by atoms with van der Waals surface area (Å²) >= 11 is 0. The zero-order chi connectivity index (χ0) is 14.5. The van der Waals surface area contributed by atoms with Crippen molar-refractivity contribution < 1.29 is 23.8 Å². The molecule has 1 heterocycles. The summed E-state index contributed by atoms with van der Waals surface area (Å²) in [4.78, 5) is 15.0. The van der Waals surface area contributed by atoms with Crippen LogP contribution in [0.5, 0.6) is 11.6 Å². The molecule has 20 heavy (non-hydrogen) atoms. The number of halogens is 1. The number of aromatic nitrogens is 1. The van der Waals surface area contributed by atoms with Crippen molar-refractivity contribution in [2.24, 2.45) is 0 Å². The fourth-order valence-electron chi connectivity index (χ4n) is 1.69. The molecule has 0 aliphatic carbocycles. The molecule has 5 nitrogen and oxygen atoms in total. The molecule has 2 rings (SSSR count). The van der Waals surface area contributed by atoms with Crippen LogP contribution < -0.4 is 9.47 Å². The van der Waals surface area contributed by atoms with Gasteiger partial charge in [-0.1, -0.05) is 6.07 Å². The van der Waals surface area contributed by atoms with E-state index in [1.54, 1.807) is 18.3 Å². The van der Waals surface area contributed by atoms with Gasteiger partial charge < -0.3 is 14.6 Å². The predicted molar refractivity (Wildman–Crippen MR) is 68.5 cm³/mol. The molecule has 0 aliphatic heterocycles. The standard InChI is InChI=1S/C14H12FNO4/c1-19-13-9(4-3-7-16-13)8-20-12-10(14(17)18)5-2-6-11(12)15/h2-7H,8H2,1H3,(H,17,18). The highest BCUT2D eigenvalue weighted by molar-refractivity contribution is 5.90. The van der Waals surface area contributed by atoms with Crippen LogP contribution in [0.3, 0.4) is 0 Å². The molecule has 0 fully saturated rings. The van der Waals surface area contributed by atoms with E-state index in [2.05, 4.69) is 4.98 Å². The number of hydrogen-bond acceptors (Lipinski definition) is 4. The summed E-state index contributed by atoms with van der Waals surface area (Å²) in [6.45, 7) is -0.0434. The number of pyridine rings is 1. The van der Waals surface area contributed by atoms with Crippen LogP contribution in [0, 0.1) is 5.82 Å². The van der Waals surface area contributed by atoms with Crippen molar-refractivity contribution in [2.75, 3.05) is 7.11 Å². The van der Waals surface area contributed by atoms with Gasteiger partial charge in [-0.3, -0.25) is 0 Å². The maximum Gasteiger partial charge on any atom is 0.339 e. The molecule has 0 amide bonds. The number of carboxylic acid groups (broad SMARTS) is 1. The summed E-state index contributed by atoms with van der Waals surface area (Å²) in [7, 11) is 1.46. The van der Waals surface area contributed by atoms with E-state index in [-0.39, 0.29) is 17.9 Å². The second kappa shape index (κ2) is 6.01. The molecule has 0 spiro atoms. The van der Waals surface area contributed by atoms with E-state index < -0.39 is 11.8 Å². The topological polar surface area (TPSA) is 68.7 Å². The van der Waals surface area contributed by atoms with Gasteiger partial charge in [0.25, 0.3) is 0 Å². The molecule has 0 bridgehead atoms. The normalized spacial score (nSPS) is 10.1. The Kier molecular flexibility index (Phi) is 4.14. The molecular weight excluding hydrogens is 265 g/mol. The van der Waals surface area contributed by atoms with Gasteiger partial charge in [0.2, 0.25) is 5.88 Å². The third-order valence-electron chi connectivity index (χ3n) is 2.61. The molecular formula is C14H12FNO4. The number of para-hydroxylation sites is 1. The quantitative estimate of drug-likeness (QED) is 0.909. The Labute approximate surface area is 114 Å². The van der Waals surface area contributed by atoms with E-state index in [1.807, 2.05) is 0 Å². The fraction of sp³-hybridized carbons (Fsp3) is 0.143. The van der Waals surface area contributed by atoms with Crippen LogP contribution in [-0.2, 0) is 6.61 Å². The minimum absolute atomic E-state index is 0.0434. The van der Waals surface area contributed by atoms with Gasteiger partial charge in [0.15, 0.2) is 11.6 Å². The lowest BCUT2D eigenvalue weighted by Crippen LogP contribution is -2.06. The van der Waals surface area contributed by atoms with Crippen molar-refractivity contribution in [3.63, 3.8) is 0 Å². The molecule has 104 valence electrons. The second-order valence-electron chi connectivity index (χ2n) is 3.88. The van der Waals surface area contributed by atoms with E-state index in [0.29, 0.717) is 11.4 Å². The third kappa shape index (κ3) is 2.85. The lowest BCUT2D eigenvalue weighted by molar-refractivity contribution is 0.0690. The summed E-state index contributed by atoms with van der Waals surface area (Å²) in [5.41, 5.74) is 0.363. The van der Waals surface area contributed by atoms with E-state index in [9.17, 15) is 9.18 Å². The Morgan fingerprint density at radius 2 is 2.15 bits per heavy atom. The van der Waals surface area contributed by atoms with Gasteiger partial charge in [0.1, 0.15) is 12.2 Å². The van der Waals surface area contributed by atoms with Crippen LogP contribution in [0.1, 0.15) is 15.9 Å². The number of carboxylic acids is 1. The predicted octanol–water partition coefficient (Wildman–Crippen LogP) is 2.51. The first-order valence-corrected chi connectivity index (χ1v) is 5.76.